The third kappa shape index (κ3) is 3.97. The van der Waals surface area contributed by atoms with Crippen molar-refractivity contribution in [3.8, 4) is 0 Å². The summed E-state index contributed by atoms with van der Waals surface area (Å²) >= 11 is 0. The van der Waals surface area contributed by atoms with Crippen LogP contribution in [0.25, 0.3) is 0 Å². The Hall–Kier alpha value is -2.05. The van der Waals surface area contributed by atoms with E-state index >= 15 is 0 Å². The van der Waals surface area contributed by atoms with E-state index in [0.29, 0.717) is 18.6 Å². The summed E-state index contributed by atoms with van der Waals surface area (Å²) < 4.78 is 31.5. The lowest BCUT2D eigenvalue weighted by Crippen LogP contribution is -2.11. The zero-order valence-corrected chi connectivity index (χ0v) is 10.5. The molecule has 0 amide bonds. The van der Waals surface area contributed by atoms with Crippen LogP contribution in [0.1, 0.15) is 30.6 Å². The molecule has 0 radical (unpaired) electrons. The van der Waals surface area contributed by atoms with E-state index in [2.05, 4.69) is 0 Å². The second-order valence-corrected chi connectivity index (χ2v) is 4.36. The van der Waals surface area contributed by atoms with E-state index < -0.39 is 33.8 Å². The Morgan fingerprint density at radius 1 is 1.42 bits per heavy atom. The lowest BCUT2D eigenvalue weighted by Gasteiger charge is -2.07. The molecule has 0 aliphatic carbocycles. The Morgan fingerprint density at radius 3 is 2.58 bits per heavy atom. The maximum Gasteiger partial charge on any atom is 0.341 e. The van der Waals surface area contributed by atoms with Gasteiger partial charge in [0.2, 0.25) is 5.82 Å². The molecule has 19 heavy (non-hydrogen) atoms. The van der Waals surface area contributed by atoms with Crippen molar-refractivity contribution in [3.63, 3.8) is 0 Å². The van der Waals surface area contributed by atoms with Crippen LogP contribution in [-0.2, 0) is 4.74 Å². The van der Waals surface area contributed by atoms with Gasteiger partial charge in [0.25, 0.3) is 0 Å². The standard InChI is InChI=1S/C12H13F2NO4/c1-7(2)3-4-19-12(16)9-5-8(13)6-10(11(9)14)15(17)18/h5-7H,3-4H2,1-2H3. The number of ether oxygens (including phenoxy) is 1. The number of nitro groups is 1. The summed E-state index contributed by atoms with van der Waals surface area (Å²) in [5, 5.41) is 10.5. The molecule has 0 aliphatic heterocycles. The average molecular weight is 273 g/mol. The number of hydrogen-bond donors (Lipinski definition) is 0. The van der Waals surface area contributed by atoms with Crippen LogP contribution in [-0.4, -0.2) is 17.5 Å². The molecule has 0 N–H and O–H groups in total. The van der Waals surface area contributed by atoms with Crippen LogP contribution in [0.4, 0.5) is 14.5 Å². The molecule has 104 valence electrons. The second-order valence-electron chi connectivity index (χ2n) is 4.36. The smallest absolute Gasteiger partial charge is 0.341 e. The quantitative estimate of drug-likeness (QED) is 0.469. The number of benzene rings is 1. The van der Waals surface area contributed by atoms with Crippen LogP contribution in [0.5, 0.6) is 0 Å². The van der Waals surface area contributed by atoms with Gasteiger partial charge in [-0.25, -0.2) is 9.18 Å². The molecule has 0 atom stereocenters. The summed E-state index contributed by atoms with van der Waals surface area (Å²) in [6, 6.07) is 1.00. The molecule has 1 rings (SSSR count). The lowest BCUT2D eigenvalue weighted by atomic mass is 10.1. The predicted molar refractivity (Wildman–Crippen MR) is 62.7 cm³/mol. The van der Waals surface area contributed by atoms with Crippen LogP contribution >= 0.6 is 0 Å². The number of carbonyl (C=O) groups is 1. The van der Waals surface area contributed by atoms with Gasteiger partial charge in [-0.05, 0) is 18.4 Å². The molecule has 0 spiro atoms. The molecule has 0 aliphatic rings. The van der Waals surface area contributed by atoms with Gasteiger partial charge in [0.1, 0.15) is 11.4 Å². The summed E-state index contributed by atoms with van der Waals surface area (Å²) in [7, 11) is 0. The van der Waals surface area contributed by atoms with Gasteiger partial charge < -0.3 is 4.74 Å². The second kappa shape index (κ2) is 6.21. The molecule has 0 saturated heterocycles. The minimum atomic E-state index is -1.39. The summed E-state index contributed by atoms with van der Waals surface area (Å²) in [4.78, 5) is 20.9. The fourth-order valence-corrected chi connectivity index (χ4v) is 1.32. The first-order valence-corrected chi connectivity index (χ1v) is 5.63. The molecule has 0 heterocycles. The fourth-order valence-electron chi connectivity index (χ4n) is 1.32. The average Bonchev–Trinajstić information content (AvgIpc) is 2.30. The van der Waals surface area contributed by atoms with Crippen LogP contribution in [0.2, 0.25) is 0 Å². The largest absolute Gasteiger partial charge is 0.462 e. The third-order valence-electron chi connectivity index (χ3n) is 2.36. The summed E-state index contributed by atoms with van der Waals surface area (Å²) in [5.41, 5.74) is -1.86. The summed E-state index contributed by atoms with van der Waals surface area (Å²) in [6.07, 6.45) is 0.560. The fraction of sp³-hybridized carbons (Fsp3) is 0.417. The molecule has 1 aromatic carbocycles. The normalized spacial score (nSPS) is 10.6. The minimum Gasteiger partial charge on any atom is -0.462 e. The van der Waals surface area contributed by atoms with Crippen LogP contribution in [0, 0.1) is 27.7 Å². The zero-order valence-electron chi connectivity index (χ0n) is 10.5. The van der Waals surface area contributed by atoms with Crippen LogP contribution in [0.3, 0.4) is 0 Å². The van der Waals surface area contributed by atoms with E-state index in [4.69, 9.17) is 4.74 Å². The van der Waals surface area contributed by atoms with Crippen LogP contribution < -0.4 is 0 Å². The Balaban J connectivity index is 2.94. The Labute approximate surface area is 108 Å². The highest BCUT2D eigenvalue weighted by Gasteiger charge is 2.25. The lowest BCUT2D eigenvalue weighted by molar-refractivity contribution is -0.387. The SMILES string of the molecule is CC(C)CCOC(=O)c1cc(F)cc([N+](=O)[O-])c1F. The maximum atomic E-state index is 13.6. The molecule has 0 saturated carbocycles. The van der Waals surface area contributed by atoms with E-state index in [9.17, 15) is 23.7 Å². The predicted octanol–water partition coefficient (Wildman–Crippen LogP) is 3.08. The summed E-state index contributed by atoms with van der Waals surface area (Å²) in [5.74, 6) is -3.29. The molecule has 7 heteroatoms. The number of rotatable bonds is 5. The van der Waals surface area contributed by atoms with E-state index in [1.165, 1.54) is 0 Å². The van der Waals surface area contributed by atoms with E-state index in [1.807, 2.05) is 13.8 Å². The Bertz CT molecular complexity index is 503. The molecule has 1 aromatic rings. The monoisotopic (exact) mass is 273 g/mol. The van der Waals surface area contributed by atoms with Crippen molar-refractivity contribution in [1.82, 2.24) is 0 Å². The molecule has 0 bridgehead atoms. The zero-order chi connectivity index (χ0) is 14.6. The Kier molecular flexibility index (Phi) is 4.91. The van der Waals surface area contributed by atoms with E-state index in [0.717, 1.165) is 0 Å². The maximum absolute atomic E-state index is 13.6. The highest BCUT2D eigenvalue weighted by Crippen LogP contribution is 2.23. The number of esters is 1. The van der Waals surface area contributed by atoms with E-state index in [1.54, 1.807) is 0 Å². The number of hydrogen-bond acceptors (Lipinski definition) is 4. The van der Waals surface area contributed by atoms with Gasteiger partial charge in [-0.3, -0.25) is 10.1 Å². The van der Waals surface area contributed by atoms with Crippen molar-refractivity contribution in [2.24, 2.45) is 5.92 Å². The van der Waals surface area contributed by atoms with Crippen molar-refractivity contribution in [2.45, 2.75) is 20.3 Å². The number of halogens is 2. The molecule has 0 unspecified atom stereocenters. The van der Waals surface area contributed by atoms with Gasteiger partial charge >= 0.3 is 11.7 Å². The van der Waals surface area contributed by atoms with Gasteiger partial charge in [0, 0.05) is 0 Å². The van der Waals surface area contributed by atoms with Crippen molar-refractivity contribution in [2.75, 3.05) is 6.61 Å². The molecule has 0 fully saturated rings. The first-order chi connectivity index (χ1) is 8.82. The molecular formula is C12H13F2NO4. The van der Waals surface area contributed by atoms with E-state index in [-0.39, 0.29) is 12.5 Å². The topological polar surface area (TPSA) is 69.4 Å². The molecule has 0 aromatic heterocycles. The number of nitro benzene ring substituents is 1. The van der Waals surface area contributed by atoms with Crippen molar-refractivity contribution >= 4 is 11.7 Å². The van der Waals surface area contributed by atoms with Crippen molar-refractivity contribution < 1.29 is 23.2 Å². The molecular weight excluding hydrogens is 260 g/mol. The number of carbonyl (C=O) groups excluding carboxylic acids is 1. The van der Waals surface area contributed by atoms with Crippen molar-refractivity contribution in [1.29, 1.82) is 0 Å². The summed E-state index contributed by atoms with van der Waals surface area (Å²) in [6.45, 7) is 3.85. The minimum absolute atomic E-state index is 0.0419. The first kappa shape index (κ1) is 15.0. The highest BCUT2D eigenvalue weighted by atomic mass is 19.1. The first-order valence-electron chi connectivity index (χ1n) is 5.63. The van der Waals surface area contributed by atoms with Crippen LogP contribution in [0.15, 0.2) is 12.1 Å². The molecule has 5 nitrogen and oxygen atoms in total. The van der Waals surface area contributed by atoms with Gasteiger partial charge in [0.05, 0.1) is 17.6 Å². The van der Waals surface area contributed by atoms with Gasteiger partial charge in [0.15, 0.2) is 0 Å². The highest BCUT2D eigenvalue weighted by molar-refractivity contribution is 5.90. The van der Waals surface area contributed by atoms with Gasteiger partial charge in [-0.15, -0.1) is 0 Å². The third-order valence-corrected chi connectivity index (χ3v) is 2.36. The van der Waals surface area contributed by atoms with Gasteiger partial charge in [-0.1, -0.05) is 13.8 Å². The number of nitrogens with zero attached hydrogens (tertiary/aromatic N) is 1. The Morgan fingerprint density at radius 2 is 2.05 bits per heavy atom. The van der Waals surface area contributed by atoms with Crippen molar-refractivity contribution in [3.05, 3.63) is 39.4 Å². The van der Waals surface area contributed by atoms with Gasteiger partial charge in [-0.2, -0.15) is 4.39 Å².